The van der Waals surface area contributed by atoms with Gasteiger partial charge in [0.1, 0.15) is 5.41 Å². The van der Waals surface area contributed by atoms with E-state index in [0.717, 1.165) is 33.8 Å². The second-order valence-electron chi connectivity index (χ2n) is 8.43. The molecule has 34 heavy (non-hydrogen) atoms. The van der Waals surface area contributed by atoms with Crippen LogP contribution in [0.25, 0.3) is 11.6 Å². The van der Waals surface area contributed by atoms with Crippen molar-refractivity contribution >= 4 is 34.8 Å². The van der Waals surface area contributed by atoms with Gasteiger partial charge in [0.2, 0.25) is 5.91 Å². The smallest absolute Gasteiger partial charge is 0.256 e. The highest BCUT2D eigenvalue weighted by Gasteiger charge is 2.49. The second kappa shape index (κ2) is 7.78. The highest BCUT2D eigenvalue weighted by atomic mass is 16.2. The number of aromatic nitrogens is 2. The fourth-order valence-corrected chi connectivity index (χ4v) is 4.86. The molecule has 1 atom stereocenters. The van der Waals surface area contributed by atoms with Crippen LogP contribution in [0, 0.1) is 0 Å². The van der Waals surface area contributed by atoms with Crippen LogP contribution in [0.2, 0.25) is 0 Å². The fourth-order valence-electron chi connectivity index (χ4n) is 4.86. The van der Waals surface area contributed by atoms with E-state index in [9.17, 15) is 9.59 Å². The lowest BCUT2D eigenvalue weighted by Gasteiger charge is -2.28. The van der Waals surface area contributed by atoms with Gasteiger partial charge in [-0.2, -0.15) is 0 Å². The van der Waals surface area contributed by atoms with Crippen molar-refractivity contribution in [2.24, 2.45) is 0 Å². The van der Waals surface area contributed by atoms with E-state index in [-0.39, 0.29) is 11.8 Å². The van der Waals surface area contributed by atoms with E-state index in [4.69, 9.17) is 0 Å². The molecule has 0 spiro atoms. The van der Waals surface area contributed by atoms with Crippen molar-refractivity contribution in [2.45, 2.75) is 11.8 Å². The Kier molecular flexibility index (Phi) is 4.59. The minimum absolute atomic E-state index is 0.105. The van der Waals surface area contributed by atoms with Crippen LogP contribution >= 0.6 is 0 Å². The number of carbonyl (C=O) groups excluding carboxylic acids is 2. The summed E-state index contributed by atoms with van der Waals surface area (Å²) in [6, 6.07) is 24.8. The quantitative estimate of drug-likeness (QED) is 0.456. The maximum absolute atomic E-state index is 13.6. The molecule has 2 aliphatic rings. The van der Waals surface area contributed by atoms with Gasteiger partial charge in [0.25, 0.3) is 5.91 Å². The monoisotopic (exact) mass is 444 g/mol. The van der Waals surface area contributed by atoms with Gasteiger partial charge in [-0.3, -0.25) is 19.6 Å². The third-order valence-corrected chi connectivity index (χ3v) is 6.47. The Hall–Kier alpha value is -4.58. The Balaban J connectivity index is 1.54. The van der Waals surface area contributed by atoms with Gasteiger partial charge >= 0.3 is 0 Å². The first-order valence-electron chi connectivity index (χ1n) is 11.0. The molecule has 2 aromatic heterocycles. The van der Waals surface area contributed by atoms with Crippen molar-refractivity contribution in [3.05, 3.63) is 119 Å². The average molecular weight is 444 g/mol. The van der Waals surface area contributed by atoms with Crippen LogP contribution in [0.3, 0.4) is 0 Å². The maximum Gasteiger partial charge on any atom is 0.256 e. The van der Waals surface area contributed by atoms with Gasteiger partial charge in [-0.1, -0.05) is 36.4 Å². The Morgan fingerprint density at radius 2 is 1.59 bits per heavy atom. The molecule has 0 saturated carbocycles. The molecule has 6 nitrogen and oxygen atoms in total. The van der Waals surface area contributed by atoms with Crippen molar-refractivity contribution < 1.29 is 9.59 Å². The largest absolute Gasteiger partial charge is 0.325 e. The van der Waals surface area contributed by atoms with Gasteiger partial charge in [0.15, 0.2) is 0 Å². The Morgan fingerprint density at radius 3 is 2.38 bits per heavy atom. The molecule has 2 amide bonds. The lowest BCUT2D eigenvalue weighted by molar-refractivity contribution is -0.119. The SMILES string of the molecule is O=C1Nc2ccc(C3(Cc4ccccn4)C(=O)Nc4ccccc43)cc2C1=Cc1ccccn1. The number of hydrogen-bond donors (Lipinski definition) is 2. The molecule has 2 aliphatic heterocycles. The van der Waals surface area contributed by atoms with Crippen molar-refractivity contribution in [3.63, 3.8) is 0 Å². The zero-order valence-electron chi connectivity index (χ0n) is 18.2. The van der Waals surface area contributed by atoms with E-state index in [1.807, 2.05) is 78.9 Å². The van der Waals surface area contributed by atoms with Crippen LogP contribution in [0.4, 0.5) is 11.4 Å². The van der Waals surface area contributed by atoms with E-state index < -0.39 is 5.41 Å². The van der Waals surface area contributed by atoms with Crippen LogP contribution < -0.4 is 10.6 Å². The third kappa shape index (κ3) is 3.11. The molecule has 164 valence electrons. The highest BCUT2D eigenvalue weighted by molar-refractivity contribution is 6.35. The number of nitrogens with zero attached hydrogens (tertiary/aromatic N) is 2. The predicted molar refractivity (Wildman–Crippen MR) is 131 cm³/mol. The summed E-state index contributed by atoms with van der Waals surface area (Å²) in [5, 5.41) is 5.99. The van der Waals surface area contributed by atoms with E-state index in [2.05, 4.69) is 20.6 Å². The van der Waals surface area contributed by atoms with Crippen molar-refractivity contribution in [1.82, 2.24) is 9.97 Å². The van der Waals surface area contributed by atoms with Crippen molar-refractivity contribution in [1.29, 1.82) is 0 Å². The molecule has 0 radical (unpaired) electrons. The normalized spacial score (nSPS) is 19.5. The molecule has 0 aliphatic carbocycles. The fraction of sp³-hybridized carbons (Fsp3) is 0.0714. The van der Waals surface area contributed by atoms with E-state index >= 15 is 0 Å². The van der Waals surface area contributed by atoms with Gasteiger partial charge in [0, 0.05) is 41.4 Å². The number of benzene rings is 2. The van der Waals surface area contributed by atoms with E-state index in [1.165, 1.54) is 0 Å². The molecule has 4 aromatic rings. The zero-order chi connectivity index (χ0) is 23.1. The number of pyridine rings is 2. The third-order valence-electron chi connectivity index (χ3n) is 6.47. The van der Waals surface area contributed by atoms with Crippen LogP contribution in [0.5, 0.6) is 0 Å². The van der Waals surface area contributed by atoms with Gasteiger partial charge in [-0.25, -0.2) is 0 Å². The number of para-hydroxylation sites is 1. The Bertz CT molecular complexity index is 1460. The first-order chi connectivity index (χ1) is 16.6. The Labute approximate surface area is 196 Å². The molecule has 0 saturated heterocycles. The molecule has 2 aromatic carbocycles. The first-order valence-corrected chi connectivity index (χ1v) is 11.0. The topological polar surface area (TPSA) is 84.0 Å². The average Bonchev–Trinajstić information content (AvgIpc) is 3.33. The molecule has 0 bridgehead atoms. The van der Waals surface area contributed by atoms with Crippen LogP contribution in [-0.4, -0.2) is 21.8 Å². The summed E-state index contributed by atoms with van der Waals surface area (Å²) in [5.74, 6) is -0.292. The summed E-state index contributed by atoms with van der Waals surface area (Å²) >= 11 is 0. The van der Waals surface area contributed by atoms with Crippen LogP contribution in [0.15, 0.2) is 91.3 Å². The van der Waals surface area contributed by atoms with Crippen molar-refractivity contribution in [3.8, 4) is 0 Å². The van der Waals surface area contributed by atoms with Crippen LogP contribution in [-0.2, 0) is 21.4 Å². The second-order valence-corrected chi connectivity index (χ2v) is 8.43. The summed E-state index contributed by atoms with van der Waals surface area (Å²) in [6.45, 7) is 0. The lowest BCUT2D eigenvalue weighted by Crippen LogP contribution is -2.38. The number of rotatable bonds is 4. The highest BCUT2D eigenvalue weighted by Crippen LogP contribution is 2.47. The first kappa shape index (κ1) is 20.1. The summed E-state index contributed by atoms with van der Waals surface area (Å²) in [7, 11) is 0. The number of fused-ring (bicyclic) bond motifs is 2. The summed E-state index contributed by atoms with van der Waals surface area (Å²) in [5.41, 5.74) is 5.04. The lowest BCUT2D eigenvalue weighted by atomic mass is 9.71. The number of amides is 2. The molecule has 0 fully saturated rings. The van der Waals surface area contributed by atoms with Gasteiger partial charge in [-0.05, 0) is 59.7 Å². The van der Waals surface area contributed by atoms with E-state index in [1.54, 1.807) is 18.5 Å². The molecular formula is C28H20N4O2. The maximum atomic E-state index is 13.6. The molecular weight excluding hydrogens is 424 g/mol. The molecule has 4 heterocycles. The van der Waals surface area contributed by atoms with E-state index in [0.29, 0.717) is 17.7 Å². The predicted octanol–water partition coefficient (Wildman–Crippen LogP) is 4.45. The minimum atomic E-state index is -0.971. The summed E-state index contributed by atoms with van der Waals surface area (Å²) in [4.78, 5) is 35.3. The molecule has 2 N–H and O–H groups in total. The van der Waals surface area contributed by atoms with Crippen LogP contribution in [0.1, 0.15) is 28.1 Å². The molecule has 6 rings (SSSR count). The Morgan fingerprint density at radius 1 is 0.794 bits per heavy atom. The summed E-state index contributed by atoms with van der Waals surface area (Å²) in [6.07, 6.45) is 5.61. The standard InChI is InChI=1S/C28H20N4O2/c33-26-22(16-19-7-3-5-13-29-19)21-15-18(11-12-24(21)31-26)28(17-20-8-4-6-14-30-20)23-9-1-2-10-25(23)32-27(28)34/h1-16H,17H2,(H,31,33)(H,32,34). The number of anilines is 2. The number of carbonyl (C=O) groups is 2. The molecule has 1 unspecified atom stereocenters. The number of hydrogen-bond acceptors (Lipinski definition) is 4. The van der Waals surface area contributed by atoms with Gasteiger partial charge in [-0.15, -0.1) is 0 Å². The van der Waals surface area contributed by atoms with Gasteiger partial charge < -0.3 is 10.6 Å². The zero-order valence-corrected chi connectivity index (χ0v) is 18.2. The van der Waals surface area contributed by atoms with Gasteiger partial charge in [0.05, 0.1) is 11.3 Å². The summed E-state index contributed by atoms with van der Waals surface area (Å²) < 4.78 is 0. The van der Waals surface area contributed by atoms with Crippen molar-refractivity contribution in [2.75, 3.05) is 10.6 Å². The minimum Gasteiger partial charge on any atom is -0.325 e. The molecule has 6 heteroatoms. The number of nitrogens with one attached hydrogen (secondary N) is 2.